The second-order valence-corrected chi connectivity index (χ2v) is 7.12. The molecule has 0 aliphatic carbocycles. The molecule has 0 amide bonds. The molecule has 0 spiro atoms. The predicted molar refractivity (Wildman–Crippen MR) is 131 cm³/mol. The SMILES string of the molecule is CN=C(NCc1cc(OC)c(OC)c(OC)c1)NCC1CCN(CCOC)CC1.I. The maximum atomic E-state index is 5.42. The number of halogens is 1. The number of benzene rings is 1. The summed E-state index contributed by atoms with van der Waals surface area (Å²) in [5.41, 5.74) is 1.02. The minimum atomic E-state index is 0. The molecule has 1 aromatic rings. The number of guanidine groups is 1. The highest BCUT2D eigenvalue weighted by Gasteiger charge is 2.19. The number of likely N-dealkylation sites (tertiary alicyclic amines) is 1. The minimum absolute atomic E-state index is 0. The maximum absolute atomic E-state index is 5.42. The van der Waals surface area contributed by atoms with E-state index in [4.69, 9.17) is 18.9 Å². The monoisotopic (exact) mass is 536 g/mol. The Morgan fingerprint density at radius 3 is 2.17 bits per heavy atom. The van der Waals surface area contributed by atoms with Crippen LogP contribution in [0.4, 0.5) is 0 Å². The van der Waals surface area contributed by atoms with Gasteiger partial charge in [-0.15, -0.1) is 24.0 Å². The van der Waals surface area contributed by atoms with E-state index >= 15 is 0 Å². The van der Waals surface area contributed by atoms with Crippen molar-refractivity contribution < 1.29 is 18.9 Å². The van der Waals surface area contributed by atoms with Gasteiger partial charge < -0.3 is 34.5 Å². The van der Waals surface area contributed by atoms with E-state index in [1.807, 2.05) is 12.1 Å². The zero-order valence-corrected chi connectivity index (χ0v) is 21.2. The summed E-state index contributed by atoms with van der Waals surface area (Å²) in [6, 6.07) is 3.88. The number of aliphatic imine (C=N–C) groups is 1. The molecule has 0 radical (unpaired) electrons. The lowest BCUT2D eigenvalue weighted by Crippen LogP contribution is -2.43. The van der Waals surface area contributed by atoms with Gasteiger partial charge in [0.15, 0.2) is 17.5 Å². The third kappa shape index (κ3) is 7.99. The van der Waals surface area contributed by atoms with E-state index in [1.165, 1.54) is 12.8 Å². The largest absolute Gasteiger partial charge is 0.493 e. The average Bonchev–Trinajstić information content (AvgIpc) is 2.77. The Hall–Kier alpha value is -1.46. The molecule has 1 aliphatic rings. The van der Waals surface area contributed by atoms with E-state index in [2.05, 4.69) is 20.5 Å². The molecule has 1 fully saturated rings. The summed E-state index contributed by atoms with van der Waals surface area (Å²) < 4.78 is 21.4. The molecule has 9 heteroatoms. The molecule has 2 N–H and O–H groups in total. The first kappa shape index (κ1) is 26.6. The number of ether oxygens (including phenoxy) is 4. The molecular formula is C21H37IN4O4. The van der Waals surface area contributed by atoms with E-state index in [-0.39, 0.29) is 24.0 Å². The Balaban J connectivity index is 0.00000450. The van der Waals surface area contributed by atoms with Crippen LogP contribution in [0.15, 0.2) is 17.1 Å². The van der Waals surface area contributed by atoms with Gasteiger partial charge in [-0.25, -0.2) is 0 Å². The highest BCUT2D eigenvalue weighted by Crippen LogP contribution is 2.38. The highest BCUT2D eigenvalue weighted by atomic mass is 127. The number of hydrogen-bond acceptors (Lipinski definition) is 6. The van der Waals surface area contributed by atoms with Crippen LogP contribution in [-0.4, -0.2) is 79.1 Å². The minimum Gasteiger partial charge on any atom is -0.493 e. The van der Waals surface area contributed by atoms with Crippen LogP contribution in [0.3, 0.4) is 0 Å². The fraction of sp³-hybridized carbons (Fsp3) is 0.667. The van der Waals surface area contributed by atoms with E-state index in [0.29, 0.717) is 29.7 Å². The lowest BCUT2D eigenvalue weighted by Gasteiger charge is -2.32. The number of hydrogen-bond donors (Lipinski definition) is 2. The fourth-order valence-electron chi connectivity index (χ4n) is 3.52. The van der Waals surface area contributed by atoms with E-state index in [1.54, 1.807) is 35.5 Å². The van der Waals surface area contributed by atoms with Gasteiger partial charge in [0.2, 0.25) is 5.75 Å². The van der Waals surface area contributed by atoms with Crippen molar-refractivity contribution in [3.63, 3.8) is 0 Å². The van der Waals surface area contributed by atoms with Crippen molar-refractivity contribution in [2.45, 2.75) is 19.4 Å². The second-order valence-electron chi connectivity index (χ2n) is 7.12. The molecule has 0 saturated carbocycles. The van der Waals surface area contributed by atoms with Crippen LogP contribution in [0.1, 0.15) is 18.4 Å². The summed E-state index contributed by atoms with van der Waals surface area (Å²) in [5, 5.41) is 6.82. The molecule has 0 aromatic heterocycles. The summed E-state index contributed by atoms with van der Waals surface area (Å²) in [4.78, 5) is 6.81. The van der Waals surface area contributed by atoms with E-state index in [0.717, 1.165) is 44.3 Å². The summed E-state index contributed by atoms with van der Waals surface area (Å²) in [5.74, 6) is 3.34. The summed E-state index contributed by atoms with van der Waals surface area (Å²) >= 11 is 0. The van der Waals surface area contributed by atoms with Crippen molar-refractivity contribution in [1.29, 1.82) is 0 Å². The molecule has 1 aromatic carbocycles. The number of methoxy groups -OCH3 is 4. The molecular weight excluding hydrogens is 499 g/mol. The van der Waals surface area contributed by atoms with Gasteiger partial charge in [-0.05, 0) is 49.5 Å². The molecule has 172 valence electrons. The lowest BCUT2D eigenvalue weighted by molar-refractivity contribution is 0.121. The van der Waals surface area contributed by atoms with Crippen molar-refractivity contribution in [2.24, 2.45) is 10.9 Å². The third-order valence-corrected chi connectivity index (χ3v) is 5.29. The Kier molecular flexibility index (Phi) is 12.9. The van der Waals surface area contributed by atoms with Gasteiger partial charge in [0.25, 0.3) is 0 Å². The molecule has 0 bridgehead atoms. The molecule has 1 saturated heterocycles. The number of rotatable bonds is 10. The molecule has 2 rings (SSSR count). The van der Waals surface area contributed by atoms with Crippen LogP contribution in [0, 0.1) is 5.92 Å². The molecule has 1 aliphatic heterocycles. The van der Waals surface area contributed by atoms with Gasteiger partial charge in [-0.1, -0.05) is 0 Å². The first-order valence-corrected chi connectivity index (χ1v) is 10.1. The number of nitrogens with zero attached hydrogens (tertiary/aromatic N) is 2. The zero-order valence-electron chi connectivity index (χ0n) is 18.8. The van der Waals surface area contributed by atoms with Crippen molar-refractivity contribution in [1.82, 2.24) is 15.5 Å². The van der Waals surface area contributed by atoms with E-state index in [9.17, 15) is 0 Å². The first-order valence-electron chi connectivity index (χ1n) is 10.1. The molecule has 0 atom stereocenters. The normalized spacial score (nSPS) is 15.3. The third-order valence-electron chi connectivity index (χ3n) is 5.29. The standard InChI is InChI=1S/C21H36N4O4.HI/c1-22-21(23-14-16-6-8-25(9-7-16)10-11-26-2)24-15-17-12-18(27-3)20(29-5)19(13-17)28-4;/h12-13,16H,6-11,14-15H2,1-5H3,(H2,22,23,24);1H. The van der Waals surface area contributed by atoms with Crippen molar-refractivity contribution in [3.8, 4) is 17.2 Å². The van der Waals surface area contributed by atoms with Crippen LogP contribution in [0.2, 0.25) is 0 Å². The second kappa shape index (κ2) is 14.5. The van der Waals surface area contributed by atoms with Crippen LogP contribution < -0.4 is 24.8 Å². The Labute approximate surface area is 197 Å². The van der Waals surface area contributed by atoms with Crippen molar-refractivity contribution in [3.05, 3.63) is 17.7 Å². The van der Waals surface area contributed by atoms with Gasteiger partial charge in [0.1, 0.15) is 0 Å². The zero-order chi connectivity index (χ0) is 21.1. The van der Waals surface area contributed by atoms with Gasteiger partial charge in [-0.2, -0.15) is 0 Å². The summed E-state index contributed by atoms with van der Waals surface area (Å²) in [6.45, 7) is 5.62. The van der Waals surface area contributed by atoms with Gasteiger partial charge in [0.05, 0.1) is 27.9 Å². The van der Waals surface area contributed by atoms with Crippen LogP contribution in [0.25, 0.3) is 0 Å². The quantitative estimate of drug-likeness (QED) is 0.270. The van der Waals surface area contributed by atoms with Gasteiger partial charge in [-0.3, -0.25) is 4.99 Å². The summed E-state index contributed by atoms with van der Waals surface area (Å²) in [7, 11) is 8.39. The number of nitrogens with one attached hydrogen (secondary N) is 2. The smallest absolute Gasteiger partial charge is 0.203 e. The highest BCUT2D eigenvalue weighted by molar-refractivity contribution is 14.0. The van der Waals surface area contributed by atoms with Crippen LogP contribution in [0.5, 0.6) is 17.2 Å². The first-order chi connectivity index (χ1) is 14.1. The van der Waals surface area contributed by atoms with Crippen molar-refractivity contribution in [2.75, 3.05) is 68.3 Å². The van der Waals surface area contributed by atoms with Gasteiger partial charge >= 0.3 is 0 Å². The van der Waals surface area contributed by atoms with Crippen LogP contribution in [-0.2, 0) is 11.3 Å². The average molecular weight is 536 g/mol. The molecule has 8 nitrogen and oxygen atoms in total. The van der Waals surface area contributed by atoms with E-state index < -0.39 is 0 Å². The van der Waals surface area contributed by atoms with Crippen LogP contribution >= 0.6 is 24.0 Å². The lowest BCUT2D eigenvalue weighted by atomic mass is 9.97. The molecule has 0 unspecified atom stereocenters. The maximum Gasteiger partial charge on any atom is 0.203 e. The predicted octanol–water partition coefficient (Wildman–Crippen LogP) is 2.35. The Morgan fingerprint density at radius 2 is 1.67 bits per heavy atom. The fourth-order valence-corrected chi connectivity index (χ4v) is 3.52. The topological polar surface area (TPSA) is 76.6 Å². The van der Waals surface area contributed by atoms with Crippen molar-refractivity contribution >= 4 is 29.9 Å². The molecule has 1 heterocycles. The Morgan fingerprint density at radius 1 is 1.03 bits per heavy atom. The Bertz CT molecular complexity index is 627. The summed E-state index contributed by atoms with van der Waals surface area (Å²) in [6.07, 6.45) is 2.39. The molecule has 30 heavy (non-hydrogen) atoms. The number of piperidine rings is 1. The van der Waals surface area contributed by atoms with Gasteiger partial charge in [0, 0.05) is 33.8 Å².